The van der Waals surface area contributed by atoms with Crippen molar-refractivity contribution in [1.29, 1.82) is 0 Å². The number of allylic oxidation sites excluding steroid dienone is 2. The summed E-state index contributed by atoms with van der Waals surface area (Å²) in [6.45, 7) is 6.68. The first kappa shape index (κ1) is 17.7. The molecule has 0 nitrogen and oxygen atoms in total. The molecule has 0 aliphatic rings. The predicted octanol–water partition coefficient (Wildman–Crippen LogP) is 7.04. The van der Waals surface area contributed by atoms with Gasteiger partial charge in [-0.3, -0.25) is 0 Å². The van der Waals surface area contributed by atoms with Crippen molar-refractivity contribution in [3.63, 3.8) is 0 Å². The van der Waals surface area contributed by atoms with E-state index in [1.807, 2.05) is 0 Å². The summed E-state index contributed by atoms with van der Waals surface area (Å²) in [5.74, 6) is 0. The molecule has 0 aromatic heterocycles. The molecule has 0 saturated heterocycles. The Morgan fingerprint density at radius 3 is 1.39 bits per heavy atom. The quantitative estimate of drug-likeness (QED) is 0.243. The molecule has 0 fully saturated rings. The van der Waals surface area contributed by atoms with Crippen LogP contribution in [-0.4, -0.2) is 0 Å². The molecule has 0 N–H and O–H groups in total. The molecule has 0 amide bonds. The molecule has 18 heavy (non-hydrogen) atoms. The molecule has 0 radical (unpaired) electrons. The lowest BCUT2D eigenvalue weighted by atomic mass is 10.0. The van der Waals surface area contributed by atoms with Gasteiger partial charge in [-0.15, -0.1) is 0 Å². The molecule has 0 spiro atoms. The van der Waals surface area contributed by atoms with Gasteiger partial charge in [0, 0.05) is 0 Å². The summed E-state index contributed by atoms with van der Waals surface area (Å²) < 4.78 is 0. The Labute approximate surface area is 116 Å². The van der Waals surface area contributed by atoms with Crippen LogP contribution >= 0.6 is 0 Å². The van der Waals surface area contributed by atoms with Gasteiger partial charge in [0.25, 0.3) is 0 Å². The van der Waals surface area contributed by atoms with Gasteiger partial charge in [0.15, 0.2) is 0 Å². The second-order valence-electron chi connectivity index (χ2n) is 5.96. The highest BCUT2D eigenvalue weighted by Crippen LogP contribution is 2.12. The first-order chi connectivity index (χ1) is 8.77. The maximum Gasteiger partial charge on any atom is -0.0348 e. The SMILES string of the molecule is CCCCCCCCCCCCCCC=C(C)C. The third-order valence-corrected chi connectivity index (χ3v) is 3.61. The van der Waals surface area contributed by atoms with Crippen LogP contribution in [0.15, 0.2) is 11.6 Å². The van der Waals surface area contributed by atoms with Crippen molar-refractivity contribution in [2.75, 3.05) is 0 Å². The van der Waals surface area contributed by atoms with Crippen LogP contribution in [0.25, 0.3) is 0 Å². The summed E-state index contributed by atoms with van der Waals surface area (Å²) in [6.07, 6.45) is 21.0. The molecule has 0 aliphatic carbocycles. The lowest BCUT2D eigenvalue weighted by molar-refractivity contribution is 0.545. The van der Waals surface area contributed by atoms with Crippen LogP contribution in [0.2, 0.25) is 0 Å². The minimum atomic E-state index is 1.29. The molecule has 0 aliphatic heterocycles. The van der Waals surface area contributed by atoms with Crippen LogP contribution in [0.4, 0.5) is 0 Å². The van der Waals surface area contributed by atoms with E-state index >= 15 is 0 Å². The average Bonchev–Trinajstić information content (AvgIpc) is 2.34. The van der Waals surface area contributed by atoms with Crippen molar-refractivity contribution in [3.8, 4) is 0 Å². The second-order valence-corrected chi connectivity index (χ2v) is 5.96. The van der Waals surface area contributed by atoms with Gasteiger partial charge in [-0.2, -0.15) is 0 Å². The third-order valence-electron chi connectivity index (χ3n) is 3.61. The summed E-state index contributed by atoms with van der Waals surface area (Å²) in [4.78, 5) is 0. The molecule has 0 saturated carbocycles. The lowest BCUT2D eigenvalue weighted by Crippen LogP contribution is -1.82. The Balaban J connectivity index is 2.97. The average molecular weight is 252 g/mol. The van der Waals surface area contributed by atoms with Crippen LogP contribution in [-0.2, 0) is 0 Å². The van der Waals surface area contributed by atoms with E-state index in [-0.39, 0.29) is 0 Å². The third kappa shape index (κ3) is 15.7. The molecule has 0 unspecified atom stereocenters. The predicted molar refractivity (Wildman–Crippen MR) is 85.1 cm³/mol. The zero-order valence-corrected chi connectivity index (χ0v) is 13.3. The van der Waals surface area contributed by atoms with E-state index in [1.165, 1.54) is 89.0 Å². The Bertz CT molecular complexity index is 174. The number of rotatable bonds is 13. The highest BCUT2D eigenvalue weighted by molar-refractivity contribution is 4.92. The summed E-state index contributed by atoms with van der Waals surface area (Å²) >= 11 is 0. The maximum absolute atomic E-state index is 2.37. The minimum Gasteiger partial charge on any atom is -0.0859 e. The van der Waals surface area contributed by atoms with E-state index in [2.05, 4.69) is 26.8 Å². The van der Waals surface area contributed by atoms with Gasteiger partial charge in [0.2, 0.25) is 0 Å². The molecular formula is C18H36. The Morgan fingerprint density at radius 2 is 1.00 bits per heavy atom. The Morgan fingerprint density at radius 1 is 0.611 bits per heavy atom. The Kier molecular flexibility index (Phi) is 14.6. The lowest BCUT2D eigenvalue weighted by Gasteiger charge is -2.02. The van der Waals surface area contributed by atoms with Gasteiger partial charge < -0.3 is 0 Å². The van der Waals surface area contributed by atoms with Crippen LogP contribution in [0.1, 0.15) is 104 Å². The fourth-order valence-electron chi connectivity index (χ4n) is 2.38. The molecule has 0 rings (SSSR count). The van der Waals surface area contributed by atoms with Crippen LogP contribution in [0, 0.1) is 0 Å². The highest BCUT2D eigenvalue weighted by Gasteiger charge is 1.92. The van der Waals surface area contributed by atoms with E-state index in [9.17, 15) is 0 Å². The van der Waals surface area contributed by atoms with E-state index in [0.29, 0.717) is 0 Å². The molecule has 0 bridgehead atoms. The van der Waals surface area contributed by atoms with Gasteiger partial charge in [0.1, 0.15) is 0 Å². The smallest absolute Gasteiger partial charge is 0.0348 e. The zero-order valence-electron chi connectivity index (χ0n) is 13.3. The number of unbranched alkanes of at least 4 members (excludes halogenated alkanes) is 12. The van der Waals surface area contributed by atoms with E-state index < -0.39 is 0 Å². The largest absolute Gasteiger partial charge is 0.0859 e. The van der Waals surface area contributed by atoms with Crippen molar-refractivity contribution in [2.24, 2.45) is 0 Å². The second kappa shape index (κ2) is 14.8. The normalized spacial score (nSPS) is 10.6. The van der Waals surface area contributed by atoms with Gasteiger partial charge >= 0.3 is 0 Å². The summed E-state index contributed by atoms with van der Waals surface area (Å²) in [7, 11) is 0. The van der Waals surface area contributed by atoms with Crippen molar-refractivity contribution in [2.45, 2.75) is 104 Å². The summed E-state index contributed by atoms with van der Waals surface area (Å²) in [6, 6.07) is 0. The summed E-state index contributed by atoms with van der Waals surface area (Å²) in [5.41, 5.74) is 1.47. The molecule has 0 aromatic carbocycles. The van der Waals surface area contributed by atoms with Crippen molar-refractivity contribution < 1.29 is 0 Å². The van der Waals surface area contributed by atoms with E-state index in [1.54, 1.807) is 0 Å². The van der Waals surface area contributed by atoms with Crippen LogP contribution in [0.5, 0.6) is 0 Å². The summed E-state index contributed by atoms with van der Waals surface area (Å²) in [5, 5.41) is 0. The van der Waals surface area contributed by atoms with Crippen molar-refractivity contribution in [1.82, 2.24) is 0 Å². The van der Waals surface area contributed by atoms with Gasteiger partial charge in [0.05, 0.1) is 0 Å². The van der Waals surface area contributed by atoms with E-state index in [0.717, 1.165) is 0 Å². The highest BCUT2D eigenvalue weighted by atomic mass is 14.0. The zero-order chi connectivity index (χ0) is 13.5. The van der Waals surface area contributed by atoms with Crippen LogP contribution in [0.3, 0.4) is 0 Å². The molecule has 0 heterocycles. The minimum absolute atomic E-state index is 1.29. The monoisotopic (exact) mass is 252 g/mol. The van der Waals surface area contributed by atoms with E-state index in [4.69, 9.17) is 0 Å². The fourth-order valence-corrected chi connectivity index (χ4v) is 2.38. The standard InChI is InChI=1S/C18H36/c1-4-5-6-7-8-9-10-11-12-13-14-15-16-17-18(2)3/h17H,4-16H2,1-3H3. The number of hydrogen-bond acceptors (Lipinski definition) is 0. The number of hydrogen-bond donors (Lipinski definition) is 0. The van der Waals surface area contributed by atoms with Gasteiger partial charge in [-0.1, -0.05) is 89.2 Å². The molecule has 0 aromatic rings. The van der Waals surface area contributed by atoms with Gasteiger partial charge in [-0.05, 0) is 26.7 Å². The first-order valence-corrected chi connectivity index (χ1v) is 8.40. The maximum atomic E-state index is 2.37. The van der Waals surface area contributed by atoms with Crippen LogP contribution < -0.4 is 0 Å². The molecule has 108 valence electrons. The topological polar surface area (TPSA) is 0 Å². The molecular weight excluding hydrogens is 216 g/mol. The van der Waals surface area contributed by atoms with Gasteiger partial charge in [-0.25, -0.2) is 0 Å². The molecule has 0 atom stereocenters. The van der Waals surface area contributed by atoms with Crippen molar-refractivity contribution >= 4 is 0 Å². The fraction of sp³-hybridized carbons (Fsp3) is 0.889. The Hall–Kier alpha value is -0.260. The molecule has 0 heteroatoms. The van der Waals surface area contributed by atoms with Crippen molar-refractivity contribution in [3.05, 3.63) is 11.6 Å². The first-order valence-electron chi connectivity index (χ1n) is 8.40.